The van der Waals surface area contributed by atoms with Gasteiger partial charge in [-0.05, 0) is 43.9 Å². The molecule has 1 aromatic carbocycles. The van der Waals surface area contributed by atoms with Crippen LogP contribution in [-0.2, 0) is 16.0 Å². The summed E-state index contributed by atoms with van der Waals surface area (Å²) in [7, 11) is 0. The van der Waals surface area contributed by atoms with Crippen LogP contribution < -0.4 is 4.74 Å². The van der Waals surface area contributed by atoms with Gasteiger partial charge in [0, 0.05) is 32.1 Å². The highest BCUT2D eigenvalue weighted by molar-refractivity contribution is 5.81. The molecular formula is C19H26N2O3. The highest BCUT2D eigenvalue weighted by atomic mass is 16.5. The van der Waals surface area contributed by atoms with Crippen molar-refractivity contribution in [2.45, 2.75) is 32.6 Å². The number of nitrogens with zero attached hydrogens (tertiary/aromatic N) is 2. The Morgan fingerprint density at radius 1 is 1.04 bits per heavy atom. The van der Waals surface area contributed by atoms with Crippen LogP contribution in [0.25, 0.3) is 0 Å². The zero-order chi connectivity index (χ0) is 16.9. The molecule has 1 saturated heterocycles. The summed E-state index contributed by atoms with van der Waals surface area (Å²) in [6.07, 6.45) is 3.35. The molecule has 0 spiro atoms. The first-order valence-electron chi connectivity index (χ1n) is 8.95. The number of carbonyl (C=O) groups is 2. The predicted octanol–water partition coefficient (Wildman–Crippen LogP) is 2.10. The van der Waals surface area contributed by atoms with E-state index in [-0.39, 0.29) is 17.7 Å². The maximum absolute atomic E-state index is 12.5. The number of rotatable bonds is 5. The van der Waals surface area contributed by atoms with Crippen molar-refractivity contribution < 1.29 is 14.3 Å². The third kappa shape index (κ3) is 4.28. The van der Waals surface area contributed by atoms with Gasteiger partial charge in [0.2, 0.25) is 11.8 Å². The van der Waals surface area contributed by atoms with Crippen LogP contribution >= 0.6 is 0 Å². The standard InChI is InChI=1S/C19H26N2O3/c1-2-24-17-8-4-15(5-9-17)14-18(22)20-10-3-11-21(13-12-20)19(23)16-6-7-16/h4-5,8-9,16H,2-3,6-7,10-14H2,1H3. The van der Waals surface area contributed by atoms with E-state index >= 15 is 0 Å². The van der Waals surface area contributed by atoms with Gasteiger partial charge >= 0.3 is 0 Å². The number of hydrogen-bond donors (Lipinski definition) is 0. The van der Waals surface area contributed by atoms with Gasteiger partial charge < -0.3 is 14.5 Å². The van der Waals surface area contributed by atoms with Crippen molar-refractivity contribution >= 4 is 11.8 Å². The summed E-state index contributed by atoms with van der Waals surface area (Å²) in [5, 5.41) is 0. The molecule has 1 aromatic rings. The molecule has 3 rings (SSSR count). The monoisotopic (exact) mass is 330 g/mol. The summed E-state index contributed by atoms with van der Waals surface area (Å²) in [4.78, 5) is 28.6. The van der Waals surface area contributed by atoms with Gasteiger partial charge in [0.25, 0.3) is 0 Å². The Bertz CT molecular complexity index is 581. The molecule has 1 aliphatic heterocycles. The first-order valence-corrected chi connectivity index (χ1v) is 8.95. The zero-order valence-corrected chi connectivity index (χ0v) is 14.4. The highest BCUT2D eigenvalue weighted by Crippen LogP contribution is 2.31. The minimum atomic E-state index is 0.139. The van der Waals surface area contributed by atoms with Crippen molar-refractivity contribution in [3.05, 3.63) is 29.8 Å². The Balaban J connectivity index is 1.52. The molecule has 0 N–H and O–H groups in total. The first-order chi connectivity index (χ1) is 11.7. The Hall–Kier alpha value is -2.04. The smallest absolute Gasteiger partial charge is 0.227 e. The maximum Gasteiger partial charge on any atom is 0.227 e. The van der Waals surface area contributed by atoms with E-state index in [9.17, 15) is 9.59 Å². The van der Waals surface area contributed by atoms with Crippen LogP contribution in [0.3, 0.4) is 0 Å². The van der Waals surface area contributed by atoms with Crippen LogP contribution in [0.4, 0.5) is 0 Å². The van der Waals surface area contributed by atoms with Crippen molar-refractivity contribution in [2.24, 2.45) is 5.92 Å². The Kier molecular flexibility index (Phi) is 5.38. The number of carbonyl (C=O) groups excluding carboxylic acids is 2. The largest absolute Gasteiger partial charge is 0.494 e. The molecule has 0 bridgehead atoms. The lowest BCUT2D eigenvalue weighted by molar-refractivity contribution is -0.134. The van der Waals surface area contributed by atoms with E-state index in [2.05, 4.69) is 0 Å². The second-order valence-electron chi connectivity index (χ2n) is 6.59. The van der Waals surface area contributed by atoms with Crippen LogP contribution in [0.1, 0.15) is 31.7 Å². The normalized spacial score (nSPS) is 18.2. The SMILES string of the molecule is CCOc1ccc(CC(=O)N2CCCN(C(=O)C3CC3)CC2)cc1. The highest BCUT2D eigenvalue weighted by Gasteiger charge is 2.34. The van der Waals surface area contributed by atoms with Gasteiger partial charge in [-0.25, -0.2) is 0 Å². The Labute approximate surface area is 143 Å². The molecule has 0 aromatic heterocycles. The van der Waals surface area contributed by atoms with E-state index in [4.69, 9.17) is 4.74 Å². The summed E-state index contributed by atoms with van der Waals surface area (Å²) in [5.74, 6) is 1.52. The van der Waals surface area contributed by atoms with Crippen LogP contribution in [0.15, 0.2) is 24.3 Å². The molecule has 0 unspecified atom stereocenters. The molecule has 2 aliphatic rings. The molecule has 5 heteroatoms. The lowest BCUT2D eigenvalue weighted by atomic mass is 10.1. The molecule has 5 nitrogen and oxygen atoms in total. The summed E-state index contributed by atoms with van der Waals surface area (Å²) < 4.78 is 5.42. The summed E-state index contributed by atoms with van der Waals surface area (Å²) in [6, 6.07) is 7.71. The number of benzene rings is 1. The molecular weight excluding hydrogens is 304 g/mol. The molecule has 24 heavy (non-hydrogen) atoms. The van der Waals surface area contributed by atoms with Gasteiger partial charge in [-0.1, -0.05) is 12.1 Å². The Morgan fingerprint density at radius 3 is 2.38 bits per heavy atom. The molecule has 2 fully saturated rings. The van der Waals surface area contributed by atoms with Crippen molar-refractivity contribution in [2.75, 3.05) is 32.8 Å². The number of ether oxygens (including phenoxy) is 1. The Morgan fingerprint density at radius 2 is 1.71 bits per heavy atom. The van der Waals surface area contributed by atoms with Crippen molar-refractivity contribution in [3.63, 3.8) is 0 Å². The number of hydrogen-bond acceptors (Lipinski definition) is 3. The van der Waals surface area contributed by atoms with Crippen LogP contribution in [0, 0.1) is 5.92 Å². The zero-order valence-electron chi connectivity index (χ0n) is 14.4. The molecule has 0 atom stereocenters. The van der Waals surface area contributed by atoms with Crippen LogP contribution in [-0.4, -0.2) is 54.4 Å². The van der Waals surface area contributed by atoms with E-state index in [1.807, 2.05) is 41.0 Å². The minimum absolute atomic E-state index is 0.139. The minimum Gasteiger partial charge on any atom is -0.494 e. The first kappa shape index (κ1) is 16.8. The summed E-state index contributed by atoms with van der Waals surface area (Å²) in [6.45, 7) is 5.43. The average Bonchev–Trinajstić information content (AvgIpc) is 3.43. The third-order valence-corrected chi connectivity index (χ3v) is 4.68. The lowest BCUT2D eigenvalue weighted by Gasteiger charge is -2.22. The molecule has 1 heterocycles. The predicted molar refractivity (Wildman–Crippen MR) is 91.8 cm³/mol. The van der Waals surface area contributed by atoms with Crippen molar-refractivity contribution in [1.29, 1.82) is 0 Å². The van der Waals surface area contributed by atoms with Crippen molar-refractivity contribution in [3.8, 4) is 5.75 Å². The van der Waals surface area contributed by atoms with E-state index in [1.54, 1.807) is 0 Å². The fourth-order valence-corrected chi connectivity index (χ4v) is 3.13. The second kappa shape index (κ2) is 7.69. The van der Waals surface area contributed by atoms with Crippen LogP contribution in [0.2, 0.25) is 0 Å². The van der Waals surface area contributed by atoms with E-state index in [0.29, 0.717) is 26.1 Å². The number of amides is 2. The fraction of sp³-hybridized carbons (Fsp3) is 0.579. The summed E-state index contributed by atoms with van der Waals surface area (Å²) in [5.41, 5.74) is 0.999. The molecule has 1 saturated carbocycles. The molecule has 2 amide bonds. The van der Waals surface area contributed by atoms with E-state index in [1.165, 1.54) is 0 Å². The lowest BCUT2D eigenvalue weighted by Crippen LogP contribution is -2.38. The van der Waals surface area contributed by atoms with Crippen molar-refractivity contribution in [1.82, 2.24) is 9.80 Å². The third-order valence-electron chi connectivity index (χ3n) is 4.68. The topological polar surface area (TPSA) is 49.9 Å². The van der Waals surface area contributed by atoms with Gasteiger partial charge in [-0.2, -0.15) is 0 Å². The van der Waals surface area contributed by atoms with Crippen LogP contribution in [0.5, 0.6) is 5.75 Å². The maximum atomic E-state index is 12.5. The summed E-state index contributed by atoms with van der Waals surface area (Å²) >= 11 is 0. The van der Waals surface area contributed by atoms with Gasteiger partial charge in [0.1, 0.15) is 5.75 Å². The average molecular weight is 330 g/mol. The quantitative estimate of drug-likeness (QED) is 0.831. The van der Waals surface area contributed by atoms with E-state index < -0.39 is 0 Å². The van der Waals surface area contributed by atoms with Gasteiger partial charge in [0.15, 0.2) is 0 Å². The van der Waals surface area contributed by atoms with Gasteiger partial charge in [-0.15, -0.1) is 0 Å². The second-order valence-corrected chi connectivity index (χ2v) is 6.59. The van der Waals surface area contributed by atoms with Gasteiger partial charge in [-0.3, -0.25) is 9.59 Å². The van der Waals surface area contributed by atoms with Gasteiger partial charge in [0.05, 0.1) is 13.0 Å². The molecule has 130 valence electrons. The van der Waals surface area contributed by atoms with E-state index in [0.717, 1.165) is 43.7 Å². The molecule has 1 aliphatic carbocycles. The molecule has 0 radical (unpaired) electrons. The fourth-order valence-electron chi connectivity index (χ4n) is 3.13.